The Kier molecular flexibility index (Phi) is 4.83. The van der Waals surface area contributed by atoms with Crippen LogP contribution in [0.3, 0.4) is 0 Å². The second-order valence-electron chi connectivity index (χ2n) is 3.94. The van der Waals surface area contributed by atoms with Gasteiger partial charge in [-0.25, -0.2) is 18.1 Å². The minimum atomic E-state index is -3.39. The molecule has 1 aromatic carbocycles. The van der Waals surface area contributed by atoms with Gasteiger partial charge in [0, 0.05) is 6.54 Å². The molecule has 1 N–H and O–H groups in total. The lowest BCUT2D eigenvalue weighted by molar-refractivity contribution is 0.581. The van der Waals surface area contributed by atoms with Crippen molar-refractivity contribution in [1.82, 2.24) is 9.71 Å². The molecule has 0 aliphatic rings. The first-order valence-electron chi connectivity index (χ1n) is 6.10. The zero-order valence-corrected chi connectivity index (χ0v) is 13.3. The van der Waals surface area contributed by atoms with Crippen molar-refractivity contribution in [3.63, 3.8) is 0 Å². The summed E-state index contributed by atoms with van der Waals surface area (Å²) in [5.74, 6) is 0.961. The maximum absolute atomic E-state index is 12.0. The van der Waals surface area contributed by atoms with E-state index in [1.54, 1.807) is 30.0 Å². The Morgan fingerprint density at radius 3 is 2.84 bits per heavy atom. The summed E-state index contributed by atoms with van der Waals surface area (Å²) in [6.45, 7) is 4.46. The van der Waals surface area contributed by atoms with E-state index in [1.807, 2.05) is 6.92 Å². The first-order chi connectivity index (χ1) is 9.06. The molecule has 7 heteroatoms. The number of aromatic nitrogens is 1. The average molecular weight is 316 g/mol. The van der Waals surface area contributed by atoms with Gasteiger partial charge in [0.05, 0.1) is 15.1 Å². The van der Waals surface area contributed by atoms with Crippen LogP contribution in [0.4, 0.5) is 0 Å². The molecule has 1 heterocycles. The van der Waals surface area contributed by atoms with Gasteiger partial charge in [-0.3, -0.25) is 0 Å². The van der Waals surface area contributed by atoms with E-state index in [0.29, 0.717) is 11.4 Å². The predicted octanol–water partition coefficient (Wildman–Crippen LogP) is 3.10. The number of fused-ring (bicyclic) bond motifs is 1. The van der Waals surface area contributed by atoms with Crippen LogP contribution in [0.5, 0.6) is 0 Å². The Morgan fingerprint density at radius 2 is 2.16 bits per heavy atom. The van der Waals surface area contributed by atoms with Gasteiger partial charge >= 0.3 is 0 Å². The number of benzene rings is 1. The first-order valence-corrected chi connectivity index (χ1v) is 9.38. The molecule has 0 bridgehead atoms. The highest BCUT2D eigenvalue weighted by Crippen LogP contribution is 2.30. The first kappa shape index (κ1) is 14.8. The molecule has 0 atom stereocenters. The van der Waals surface area contributed by atoms with E-state index in [9.17, 15) is 8.42 Å². The summed E-state index contributed by atoms with van der Waals surface area (Å²) in [4.78, 5) is 4.76. The van der Waals surface area contributed by atoms with E-state index in [2.05, 4.69) is 16.6 Å². The molecular formula is C12H16N2O2S3. The van der Waals surface area contributed by atoms with Gasteiger partial charge in [0.2, 0.25) is 10.0 Å². The largest absolute Gasteiger partial charge is 0.240 e. The summed E-state index contributed by atoms with van der Waals surface area (Å²) in [6, 6.07) is 5.08. The number of thioether (sulfide) groups is 1. The maximum atomic E-state index is 12.0. The van der Waals surface area contributed by atoms with Crippen LogP contribution >= 0.6 is 23.1 Å². The van der Waals surface area contributed by atoms with Crippen LogP contribution in [-0.2, 0) is 10.0 Å². The Labute approximate surface area is 121 Å². The fourth-order valence-electron chi connectivity index (χ4n) is 1.56. The molecule has 0 amide bonds. The highest BCUT2D eigenvalue weighted by molar-refractivity contribution is 8.01. The van der Waals surface area contributed by atoms with Crippen LogP contribution in [-0.4, -0.2) is 25.7 Å². The lowest BCUT2D eigenvalue weighted by atomic mass is 10.3. The standard InChI is InChI=1S/C12H16N2O2S3/c1-3-7-13-19(15,16)9-5-6-10-11(8-9)18-12(14-10)17-4-2/h5-6,8,13H,3-4,7H2,1-2H3. The Balaban J connectivity index is 2.35. The summed E-state index contributed by atoms with van der Waals surface area (Å²) in [6.07, 6.45) is 0.777. The predicted molar refractivity (Wildman–Crippen MR) is 81.5 cm³/mol. The molecule has 0 unspecified atom stereocenters. The molecule has 4 nitrogen and oxygen atoms in total. The highest BCUT2D eigenvalue weighted by Gasteiger charge is 2.14. The zero-order chi connectivity index (χ0) is 13.9. The SMILES string of the molecule is CCCNS(=O)(=O)c1ccc2nc(SCC)sc2c1. The lowest BCUT2D eigenvalue weighted by Gasteiger charge is -2.04. The quantitative estimate of drug-likeness (QED) is 0.832. The number of nitrogens with one attached hydrogen (secondary N) is 1. The molecule has 0 saturated carbocycles. The monoisotopic (exact) mass is 316 g/mol. The minimum Gasteiger partial charge on any atom is -0.230 e. The second kappa shape index (κ2) is 6.21. The zero-order valence-electron chi connectivity index (χ0n) is 10.8. The van der Waals surface area contributed by atoms with Crippen molar-refractivity contribution < 1.29 is 8.42 Å². The minimum absolute atomic E-state index is 0.310. The van der Waals surface area contributed by atoms with Crippen molar-refractivity contribution >= 4 is 43.3 Å². The number of nitrogens with zero attached hydrogens (tertiary/aromatic N) is 1. The molecule has 0 aliphatic heterocycles. The number of rotatable bonds is 6. The summed E-state index contributed by atoms with van der Waals surface area (Å²) < 4.78 is 28.5. The van der Waals surface area contributed by atoms with E-state index in [0.717, 1.165) is 26.7 Å². The Bertz CT molecular complexity index is 665. The fraction of sp³-hybridized carbons (Fsp3) is 0.417. The van der Waals surface area contributed by atoms with Crippen LogP contribution in [0.15, 0.2) is 27.4 Å². The van der Waals surface area contributed by atoms with Gasteiger partial charge in [-0.1, -0.05) is 25.6 Å². The van der Waals surface area contributed by atoms with Crippen LogP contribution in [0, 0.1) is 0 Å². The molecule has 0 spiro atoms. The molecule has 104 valence electrons. The Morgan fingerprint density at radius 1 is 1.37 bits per heavy atom. The van der Waals surface area contributed by atoms with Gasteiger partial charge in [-0.15, -0.1) is 11.3 Å². The van der Waals surface area contributed by atoms with Crippen LogP contribution in [0.25, 0.3) is 10.2 Å². The van der Waals surface area contributed by atoms with Crippen LogP contribution in [0.2, 0.25) is 0 Å². The molecule has 19 heavy (non-hydrogen) atoms. The van der Waals surface area contributed by atoms with Crippen molar-refractivity contribution in [2.45, 2.75) is 29.5 Å². The van der Waals surface area contributed by atoms with Gasteiger partial charge in [0.15, 0.2) is 4.34 Å². The number of hydrogen-bond acceptors (Lipinski definition) is 5. The van der Waals surface area contributed by atoms with Crippen LogP contribution in [0.1, 0.15) is 20.3 Å². The third-order valence-electron chi connectivity index (χ3n) is 2.46. The molecule has 0 fully saturated rings. The summed E-state index contributed by atoms with van der Waals surface area (Å²) in [5.41, 5.74) is 0.857. The smallest absolute Gasteiger partial charge is 0.230 e. The van der Waals surface area contributed by atoms with Crippen molar-refractivity contribution in [2.75, 3.05) is 12.3 Å². The van der Waals surface area contributed by atoms with Crippen LogP contribution < -0.4 is 4.72 Å². The van der Waals surface area contributed by atoms with E-state index < -0.39 is 10.0 Å². The molecule has 0 aliphatic carbocycles. The third-order valence-corrected chi connectivity index (χ3v) is 5.96. The molecule has 2 aromatic rings. The van der Waals surface area contributed by atoms with Crippen molar-refractivity contribution in [3.8, 4) is 0 Å². The normalized spacial score (nSPS) is 12.1. The third kappa shape index (κ3) is 3.47. The average Bonchev–Trinajstić information content (AvgIpc) is 2.78. The topological polar surface area (TPSA) is 59.1 Å². The Hall–Kier alpha value is -0.630. The van der Waals surface area contributed by atoms with Gasteiger partial charge in [0.1, 0.15) is 0 Å². The summed E-state index contributed by atoms with van der Waals surface area (Å²) >= 11 is 3.21. The lowest BCUT2D eigenvalue weighted by Crippen LogP contribution is -2.24. The van der Waals surface area contributed by atoms with Crippen molar-refractivity contribution in [3.05, 3.63) is 18.2 Å². The number of hydrogen-bond donors (Lipinski definition) is 1. The maximum Gasteiger partial charge on any atom is 0.240 e. The van der Waals surface area contributed by atoms with E-state index in [-0.39, 0.29) is 0 Å². The molecule has 2 rings (SSSR count). The van der Waals surface area contributed by atoms with Gasteiger partial charge in [0.25, 0.3) is 0 Å². The fourth-order valence-corrected chi connectivity index (χ4v) is 4.79. The van der Waals surface area contributed by atoms with Crippen molar-refractivity contribution in [1.29, 1.82) is 0 Å². The number of sulfonamides is 1. The van der Waals surface area contributed by atoms with E-state index >= 15 is 0 Å². The molecular weight excluding hydrogens is 300 g/mol. The molecule has 0 saturated heterocycles. The van der Waals surface area contributed by atoms with Crippen molar-refractivity contribution in [2.24, 2.45) is 0 Å². The van der Waals surface area contributed by atoms with Gasteiger partial charge in [-0.2, -0.15) is 0 Å². The summed E-state index contributed by atoms with van der Waals surface area (Å²) in [7, 11) is -3.39. The molecule has 0 radical (unpaired) electrons. The van der Waals surface area contributed by atoms with Gasteiger partial charge in [-0.05, 0) is 30.4 Å². The van der Waals surface area contributed by atoms with E-state index in [1.165, 1.54) is 11.3 Å². The number of thiazole rings is 1. The molecule has 1 aromatic heterocycles. The second-order valence-corrected chi connectivity index (χ2v) is 8.25. The van der Waals surface area contributed by atoms with Gasteiger partial charge < -0.3 is 0 Å². The highest BCUT2D eigenvalue weighted by atomic mass is 32.2. The summed E-state index contributed by atoms with van der Waals surface area (Å²) in [5, 5.41) is 0. The van der Waals surface area contributed by atoms with E-state index in [4.69, 9.17) is 0 Å².